The summed E-state index contributed by atoms with van der Waals surface area (Å²) in [5.41, 5.74) is 3.04. The van der Waals surface area contributed by atoms with Gasteiger partial charge in [0.05, 0.1) is 17.6 Å². The summed E-state index contributed by atoms with van der Waals surface area (Å²) in [4.78, 5) is 22.5. The van der Waals surface area contributed by atoms with Crippen molar-refractivity contribution >= 4 is 28.3 Å². The summed E-state index contributed by atoms with van der Waals surface area (Å²) in [6.45, 7) is 2.07. The molecule has 0 fully saturated rings. The summed E-state index contributed by atoms with van der Waals surface area (Å²) in [6, 6.07) is 11.8. The van der Waals surface area contributed by atoms with Crippen molar-refractivity contribution in [2.45, 2.75) is 19.8 Å². The maximum absolute atomic E-state index is 12.2. The first-order valence-electron chi connectivity index (χ1n) is 7.60. The molecule has 0 radical (unpaired) electrons. The standard InChI is InChI=1S/C18H16N2O4/c1-2-12-6-7-17-16(8-12)13(11-24-17)9-18(21)19-14-4-3-5-15(10-14)20(22)23/h3-8,10-11H,2,9H2,1H3,(H,19,21). The van der Waals surface area contributed by atoms with E-state index in [9.17, 15) is 14.9 Å². The van der Waals surface area contributed by atoms with Crippen LogP contribution in [0.2, 0.25) is 0 Å². The molecule has 6 heteroatoms. The molecular weight excluding hydrogens is 308 g/mol. The monoisotopic (exact) mass is 324 g/mol. The van der Waals surface area contributed by atoms with Crippen LogP contribution in [0.4, 0.5) is 11.4 Å². The van der Waals surface area contributed by atoms with Gasteiger partial charge in [0.2, 0.25) is 5.91 Å². The second-order valence-corrected chi connectivity index (χ2v) is 5.48. The molecule has 24 heavy (non-hydrogen) atoms. The number of fused-ring (bicyclic) bond motifs is 1. The van der Waals surface area contributed by atoms with E-state index in [2.05, 4.69) is 12.2 Å². The van der Waals surface area contributed by atoms with E-state index in [1.165, 1.54) is 23.8 Å². The average Bonchev–Trinajstić information content (AvgIpc) is 2.97. The molecule has 0 aliphatic heterocycles. The van der Waals surface area contributed by atoms with Crippen LogP contribution in [0, 0.1) is 10.1 Å². The predicted octanol–water partition coefficient (Wildman–Crippen LogP) is 4.08. The van der Waals surface area contributed by atoms with Gasteiger partial charge in [0.15, 0.2) is 0 Å². The molecule has 0 bridgehead atoms. The lowest BCUT2D eigenvalue weighted by Gasteiger charge is -2.04. The highest BCUT2D eigenvalue weighted by Crippen LogP contribution is 2.24. The molecule has 1 amide bonds. The molecule has 3 aromatic rings. The van der Waals surface area contributed by atoms with Crippen molar-refractivity contribution < 1.29 is 14.1 Å². The number of hydrogen-bond donors (Lipinski definition) is 1. The molecule has 0 aliphatic carbocycles. The van der Waals surface area contributed by atoms with Gasteiger partial charge >= 0.3 is 0 Å². The van der Waals surface area contributed by atoms with Crippen LogP contribution in [-0.4, -0.2) is 10.8 Å². The van der Waals surface area contributed by atoms with Gasteiger partial charge in [0.25, 0.3) is 5.69 Å². The van der Waals surface area contributed by atoms with E-state index >= 15 is 0 Å². The van der Waals surface area contributed by atoms with Crippen molar-refractivity contribution in [1.29, 1.82) is 0 Å². The summed E-state index contributed by atoms with van der Waals surface area (Å²) in [5, 5.41) is 14.4. The van der Waals surface area contributed by atoms with Gasteiger partial charge in [-0.3, -0.25) is 14.9 Å². The van der Waals surface area contributed by atoms with Gasteiger partial charge in [-0.05, 0) is 30.2 Å². The van der Waals surface area contributed by atoms with Gasteiger partial charge in [0.1, 0.15) is 5.58 Å². The number of benzene rings is 2. The van der Waals surface area contributed by atoms with Crippen LogP contribution in [0.15, 0.2) is 53.1 Å². The molecule has 0 aliphatic rings. The molecule has 0 unspecified atom stereocenters. The quantitative estimate of drug-likeness (QED) is 0.566. The van der Waals surface area contributed by atoms with E-state index in [0.29, 0.717) is 5.69 Å². The Labute approximate surface area is 138 Å². The van der Waals surface area contributed by atoms with Crippen LogP contribution in [0.1, 0.15) is 18.1 Å². The Morgan fingerprint density at radius 2 is 2.08 bits per heavy atom. The Morgan fingerprint density at radius 1 is 1.25 bits per heavy atom. The first-order chi connectivity index (χ1) is 11.6. The van der Waals surface area contributed by atoms with Crippen molar-refractivity contribution in [3.63, 3.8) is 0 Å². The molecule has 0 atom stereocenters. The number of nitrogens with one attached hydrogen (secondary N) is 1. The van der Waals surface area contributed by atoms with Crippen LogP contribution < -0.4 is 5.32 Å². The van der Waals surface area contributed by atoms with Crippen molar-refractivity contribution in [3.05, 3.63) is 70.0 Å². The smallest absolute Gasteiger partial charge is 0.271 e. The van der Waals surface area contributed by atoms with Crippen LogP contribution >= 0.6 is 0 Å². The van der Waals surface area contributed by atoms with Gasteiger partial charge < -0.3 is 9.73 Å². The van der Waals surface area contributed by atoms with Crippen LogP contribution in [0.5, 0.6) is 0 Å². The minimum Gasteiger partial charge on any atom is -0.464 e. The lowest BCUT2D eigenvalue weighted by molar-refractivity contribution is -0.384. The zero-order valence-electron chi connectivity index (χ0n) is 13.1. The van der Waals surface area contributed by atoms with Gasteiger partial charge in [-0.25, -0.2) is 0 Å². The SMILES string of the molecule is CCc1ccc2occ(CC(=O)Nc3cccc([N+](=O)[O-])c3)c2c1. The topological polar surface area (TPSA) is 85.4 Å². The summed E-state index contributed by atoms with van der Waals surface area (Å²) < 4.78 is 5.48. The third-order valence-electron chi connectivity index (χ3n) is 3.82. The maximum Gasteiger partial charge on any atom is 0.271 e. The number of carbonyl (C=O) groups is 1. The average molecular weight is 324 g/mol. The summed E-state index contributed by atoms with van der Waals surface area (Å²) in [6.07, 6.45) is 2.63. The van der Waals surface area contributed by atoms with E-state index in [1.54, 1.807) is 12.3 Å². The van der Waals surface area contributed by atoms with Crippen LogP contribution in [0.25, 0.3) is 11.0 Å². The Hall–Kier alpha value is -3.15. The van der Waals surface area contributed by atoms with Crippen molar-refractivity contribution in [3.8, 4) is 0 Å². The number of nitro groups is 1. The molecule has 1 aromatic heterocycles. The number of rotatable bonds is 5. The minimum absolute atomic E-state index is 0.0610. The van der Waals surface area contributed by atoms with E-state index in [1.807, 2.05) is 18.2 Å². The number of non-ortho nitro benzene ring substituents is 1. The van der Waals surface area contributed by atoms with Crippen molar-refractivity contribution in [2.75, 3.05) is 5.32 Å². The molecule has 1 N–H and O–H groups in total. The molecule has 1 heterocycles. The first-order valence-corrected chi connectivity index (χ1v) is 7.60. The fraction of sp³-hybridized carbons (Fsp3) is 0.167. The number of amides is 1. The van der Waals surface area contributed by atoms with E-state index in [0.717, 1.165) is 23.0 Å². The molecule has 0 saturated heterocycles. The summed E-state index contributed by atoms with van der Waals surface area (Å²) >= 11 is 0. The summed E-state index contributed by atoms with van der Waals surface area (Å²) in [5.74, 6) is -0.250. The highest BCUT2D eigenvalue weighted by Gasteiger charge is 2.12. The lowest BCUT2D eigenvalue weighted by atomic mass is 10.1. The molecule has 2 aromatic carbocycles. The second kappa shape index (κ2) is 6.54. The van der Waals surface area contributed by atoms with E-state index in [4.69, 9.17) is 4.42 Å². The zero-order chi connectivity index (χ0) is 17.1. The minimum atomic E-state index is -0.495. The van der Waals surface area contributed by atoms with Crippen molar-refractivity contribution in [1.82, 2.24) is 0 Å². The Kier molecular flexibility index (Phi) is 4.29. The number of nitro benzene ring substituents is 1. The highest BCUT2D eigenvalue weighted by atomic mass is 16.6. The largest absolute Gasteiger partial charge is 0.464 e. The second-order valence-electron chi connectivity index (χ2n) is 5.48. The fourth-order valence-electron chi connectivity index (χ4n) is 2.56. The third-order valence-corrected chi connectivity index (χ3v) is 3.82. The van der Waals surface area contributed by atoms with Crippen LogP contribution in [-0.2, 0) is 17.6 Å². The Bertz CT molecular complexity index is 914. The fourth-order valence-corrected chi connectivity index (χ4v) is 2.56. The number of anilines is 1. The number of furan rings is 1. The van der Waals surface area contributed by atoms with Gasteiger partial charge in [-0.15, -0.1) is 0 Å². The molecule has 6 nitrogen and oxygen atoms in total. The predicted molar refractivity (Wildman–Crippen MR) is 91.0 cm³/mol. The number of nitrogens with zero attached hydrogens (tertiary/aromatic N) is 1. The third kappa shape index (κ3) is 3.27. The van der Waals surface area contributed by atoms with Crippen molar-refractivity contribution in [2.24, 2.45) is 0 Å². The Balaban J connectivity index is 1.78. The Morgan fingerprint density at radius 3 is 2.83 bits per heavy atom. The zero-order valence-corrected chi connectivity index (χ0v) is 13.1. The molecule has 0 spiro atoms. The normalized spacial score (nSPS) is 10.7. The lowest BCUT2D eigenvalue weighted by Crippen LogP contribution is -2.14. The molecule has 3 rings (SSSR count). The number of carbonyl (C=O) groups excluding carboxylic acids is 1. The number of aryl methyl sites for hydroxylation is 1. The van der Waals surface area contributed by atoms with Gasteiger partial charge in [-0.2, -0.15) is 0 Å². The highest BCUT2D eigenvalue weighted by molar-refractivity contribution is 5.95. The molecular formula is C18H16N2O4. The van der Waals surface area contributed by atoms with Gasteiger partial charge in [-0.1, -0.05) is 19.1 Å². The molecule has 0 saturated carbocycles. The maximum atomic E-state index is 12.2. The first kappa shape index (κ1) is 15.7. The number of hydrogen-bond acceptors (Lipinski definition) is 4. The summed E-state index contributed by atoms with van der Waals surface area (Å²) in [7, 11) is 0. The van der Waals surface area contributed by atoms with E-state index < -0.39 is 4.92 Å². The van der Waals surface area contributed by atoms with Crippen LogP contribution in [0.3, 0.4) is 0 Å². The molecule has 122 valence electrons. The van der Waals surface area contributed by atoms with E-state index in [-0.39, 0.29) is 18.0 Å². The van der Waals surface area contributed by atoms with Gasteiger partial charge in [0, 0.05) is 28.8 Å².